The van der Waals surface area contributed by atoms with E-state index in [1.165, 1.54) is 13.2 Å². The minimum atomic E-state index is -0.871. The Morgan fingerprint density at radius 1 is 0.548 bits per heavy atom. The van der Waals surface area contributed by atoms with Crippen molar-refractivity contribution in [1.82, 2.24) is 16.0 Å². The number of amides is 3. The van der Waals surface area contributed by atoms with Crippen LogP contribution < -0.4 is 16.0 Å². The standard InChI is InChI=1S/C53H87N3O17/c1-41(2)46(53(64)55-42(3)48(59)38-43-15-17-44(40-57)18-16-43)39-49(60)47(56-51(62)14-9-7-6-8-12-45(58)19-20-52(63)66-5)13-10-11-22-54-50(61)21-23-67-26-27-69-30-31-71-34-35-73-37-36-72-33-32-70-29-28-68-25-24-65-4/h15-20,41-42,46-47,57H,6-14,21-40H2,1-5H3,(H,54,61)(H,55,64)(H,56,62)/b20-19-/t42-,46-,47-/m0/s1. The summed E-state index contributed by atoms with van der Waals surface area (Å²) in [5.74, 6) is -3.25. The average molecular weight is 1040 g/mol. The molecule has 0 aromatic heterocycles. The Kier molecular flexibility index (Phi) is 40.9. The summed E-state index contributed by atoms with van der Waals surface area (Å²) >= 11 is 0. The van der Waals surface area contributed by atoms with Crippen LogP contribution in [0.15, 0.2) is 36.4 Å². The maximum atomic E-state index is 13.9. The number of carbonyl (C=O) groups excluding carboxylic acids is 7. The second kappa shape index (κ2) is 44.9. The van der Waals surface area contributed by atoms with Gasteiger partial charge in [0.25, 0.3) is 0 Å². The lowest BCUT2D eigenvalue weighted by atomic mass is 9.86. The summed E-state index contributed by atoms with van der Waals surface area (Å²) in [6, 6.07) is 5.30. The molecule has 1 aromatic rings. The first kappa shape index (κ1) is 66.5. The van der Waals surface area contributed by atoms with Gasteiger partial charge in [-0.3, -0.25) is 28.8 Å². The van der Waals surface area contributed by atoms with Crippen LogP contribution in [-0.4, -0.2) is 178 Å². The summed E-state index contributed by atoms with van der Waals surface area (Å²) in [5, 5.41) is 17.9. The van der Waals surface area contributed by atoms with Crippen LogP contribution in [0, 0.1) is 11.8 Å². The van der Waals surface area contributed by atoms with Gasteiger partial charge in [-0.2, -0.15) is 0 Å². The van der Waals surface area contributed by atoms with Gasteiger partial charge >= 0.3 is 5.97 Å². The zero-order chi connectivity index (χ0) is 53.7. The molecule has 1 aromatic carbocycles. The molecule has 20 heteroatoms. The molecule has 0 aliphatic heterocycles. The van der Waals surface area contributed by atoms with Crippen molar-refractivity contribution >= 4 is 41.0 Å². The number of allylic oxidation sites excluding steroid dienone is 1. The van der Waals surface area contributed by atoms with Gasteiger partial charge in [-0.15, -0.1) is 0 Å². The number of hydrogen-bond donors (Lipinski definition) is 4. The molecule has 0 saturated carbocycles. The molecule has 4 N–H and O–H groups in total. The van der Waals surface area contributed by atoms with Gasteiger partial charge in [0.2, 0.25) is 17.7 Å². The Morgan fingerprint density at radius 3 is 1.56 bits per heavy atom. The number of esters is 1. The number of ether oxygens (including phenoxy) is 9. The lowest BCUT2D eigenvalue weighted by Gasteiger charge is -2.25. The predicted octanol–water partition coefficient (Wildman–Crippen LogP) is 3.59. The molecule has 3 amide bonds. The van der Waals surface area contributed by atoms with Crippen LogP contribution in [0.1, 0.15) is 103 Å². The van der Waals surface area contributed by atoms with E-state index in [1.54, 1.807) is 38.3 Å². The number of rotatable bonds is 49. The quantitative estimate of drug-likeness (QED) is 0.0413. The molecular weight excluding hydrogens is 951 g/mol. The summed E-state index contributed by atoms with van der Waals surface area (Å²) in [5.41, 5.74) is 1.47. The number of ketones is 3. The first-order chi connectivity index (χ1) is 35.3. The fourth-order valence-electron chi connectivity index (χ4n) is 6.86. The number of methoxy groups -OCH3 is 2. The maximum Gasteiger partial charge on any atom is 0.330 e. The highest BCUT2D eigenvalue weighted by atomic mass is 16.6. The van der Waals surface area contributed by atoms with E-state index in [-0.39, 0.29) is 80.4 Å². The van der Waals surface area contributed by atoms with Crippen molar-refractivity contribution in [1.29, 1.82) is 0 Å². The van der Waals surface area contributed by atoms with Gasteiger partial charge in [0.05, 0.1) is 125 Å². The molecule has 20 nitrogen and oxygen atoms in total. The third-order valence-electron chi connectivity index (χ3n) is 11.3. The van der Waals surface area contributed by atoms with Gasteiger partial charge < -0.3 is 63.7 Å². The smallest absolute Gasteiger partial charge is 0.330 e. The molecule has 0 bridgehead atoms. The van der Waals surface area contributed by atoms with Gasteiger partial charge in [-0.1, -0.05) is 51.0 Å². The Hall–Kier alpha value is -4.51. The number of nitrogens with one attached hydrogen (secondary N) is 3. The van der Waals surface area contributed by atoms with E-state index in [0.29, 0.717) is 144 Å². The third kappa shape index (κ3) is 37.0. The Balaban J connectivity index is 2.44. The van der Waals surface area contributed by atoms with Crippen molar-refractivity contribution in [3.05, 3.63) is 47.5 Å². The van der Waals surface area contributed by atoms with Crippen LogP contribution in [0.3, 0.4) is 0 Å². The fourth-order valence-corrected chi connectivity index (χ4v) is 6.86. The number of Topliss-reactive ketones (excluding diaryl/α,β-unsaturated/α-hetero) is 2. The summed E-state index contributed by atoms with van der Waals surface area (Å²) in [6.45, 7) is 12.1. The highest BCUT2D eigenvalue weighted by molar-refractivity contribution is 5.96. The summed E-state index contributed by atoms with van der Waals surface area (Å²) in [4.78, 5) is 89.3. The van der Waals surface area contributed by atoms with Crippen LogP contribution in [0.25, 0.3) is 0 Å². The van der Waals surface area contributed by atoms with Crippen molar-refractivity contribution in [3.63, 3.8) is 0 Å². The van der Waals surface area contributed by atoms with E-state index >= 15 is 0 Å². The monoisotopic (exact) mass is 1040 g/mol. The Morgan fingerprint density at radius 2 is 1.05 bits per heavy atom. The zero-order valence-electron chi connectivity index (χ0n) is 44.3. The van der Waals surface area contributed by atoms with Gasteiger partial charge in [-0.25, -0.2) is 4.79 Å². The van der Waals surface area contributed by atoms with Crippen molar-refractivity contribution < 1.29 is 81.3 Å². The van der Waals surface area contributed by atoms with Crippen LogP contribution in [-0.2, 0) is 89.2 Å². The van der Waals surface area contributed by atoms with Crippen LogP contribution >= 0.6 is 0 Å². The maximum absolute atomic E-state index is 13.9. The third-order valence-corrected chi connectivity index (χ3v) is 11.3. The molecular formula is C53H87N3O17. The first-order valence-electron chi connectivity index (χ1n) is 25.7. The molecule has 0 heterocycles. The second-order valence-electron chi connectivity index (χ2n) is 17.6. The van der Waals surface area contributed by atoms with Gasteiger partial charge in [0.15, 0.2) is 17.3 Å². The Labute approximate surface area is 432 Å². The molecule has 0 saturated heterocycles. The van der Waals surface area contributed by atoms with E-state index < -0.39 is 29.9 Å². The second-order valence-corrected chi connectivity index (χ2v) is 17.6. The van der Waals surface area contributed by atoms with Gasteiger partial charge in [-0.05, 0) is 62.1 Å². The molecule has 416 valence electrons. The highest BCUT2D eigenvalue weighted by Gasteiger charge is 2.31. The molecule has 0 fully saturated rings. The fraction of sp³-hybridized carbons (Fsp3) is 0.717. The molecule has 3 atom stereocenters. The van der Waals surface area contributed by atoms with E-state index in [2.05, 4.69) is 20.7 Å². The number of carbonyl (C=O) groups is 7. The molecule has 0 unspecified atom stereocenters. The molecule has 73 heavy (non-hydrogen) atoms. The molecule has 0 aliphatic rings. The highest BCUT2D eigenvalue weighted by Crippen LogP contribution is 2.20. The summed E-state index contributed by atoms with van der Waals surface area (Å²) in [6.07, 6.45) is 6.62. The topological polar surface area (TPSA) is 259 Å². The van der Waals surface area contributed by atoms with Crippen LogP contribution in [0.4, 0.5) is 0 Å². The molecule has 0 aliphatic carbocycles. The number of benzene rings is 1. The number of unbranched alkanes of at least 4 members (excludes halogenated alkanes) is 4. The van der Waals surface area contributed by atoms with Crippen LogP contribution in [0.5, 0.6) is 0 Å². The average Bonchev–Trinajstić information content (AvgIpc) is 3.37. The zero-order valence-corrected chi connectivity index (χ0v) is 44.3. The van der Waals surface area contributed by atoms with E-state index in [9.17, 15) is 38.7 Å². The lowest BCUT2D eigenvalue weighted by molar-refractivity contribution is -0.135. The van der Waals surface area contributed by atoms with E-state index in [0.717, 1.165) is 17.2 Å². The van der Waals surface area contributed by atoms with Crippen molar-refractivity contribution in [2.45, 2.75) is 117 Å². The largest absolute Gasteiger partial charge is 0.466 e. The molecule has 0 spiro atoms. The van der Waals surface area contributed by atoms with Crippen molar-refractivity contribution in [2.75, 3.05) is 120 Å². The summed E-state index contributed by atoms with van der Waals surface area (Å²) < 4.78 is 47.6. The first-order valence-corrected chi connectivity index (χ1v) is 25.7. The number of aliphatic hydroxyl groups is 1. The predicted molar refractivity (Wildman–Crippen MR) is 272 cm³/mol. The SMILES string of the molecule is COCCOCCOCCOCCOCCOCCOCCOCCC(=O)NCCCC[C@H](NC(=O)CCCCCCC(=O)/C=C\C(=O)OC)C(=O)C[C@H](C(=O)N[C@@H](C)C(=O)Cc1ccc(CO)cc1)C(C)C. The minimum Gasteiger partial charge on any atom is -0.466 e. The number of aliphatic hydroxyl groups excluding tert-OH is 1. The molecule has 1 rings (SSSR count). The normalized spacial score (nSPS) is 12.6. The number of hydrogen-bond acceptors (Lipinski definition) is 17. The van der Waals surface area contributed by atoms with Gasteiger partial charge in [0, 0.05) is 57.8 Å². The van der Waals surface area contributed by atoms with Crippen molar-refractivity contribution in [3.8, 4) is 0 Å². The summed E-state index contributed by atoms with van der Waals surface area (Å²) in [7, 11) is 2.86. The Bertz CT molecular complexity index is 1690. The van der Waals surface area contributed by atoms with E-state index in [1.807, 2.05) is 13.8 Å². The van der Waals surface area contributed by atoms with E-state index in [4.69, 9.17) is 37.9 Å². The van der Waals surface area contributed by atoms with Crippen molar-refractivity contribution in [2.24, 2.45) is 11.8 Å². The lowest BCUT2D eigenvalue weighted by Crippen LogP contribution is -2.46. The minimum absolute atomic E-state index is 0.0865. The van der Waals surface area contributed by atoms with Crippen LogP contribution in [0.2, 0.25) is 0 Å². The molecule has 0 radical (unpaired) electrons. The van der Waals surface area contributed by atoms with Gasteiger partial charge in [0.1, 0.15) is 0 Å².